The maximum absolute atomic E-state index is 12.6. The molecule has 0 aliphatic heterocycles. The van der Waals surface area contributed by atoms with Crippen molar-refractivity contribution in [2.75, 3.05) is 0 Å². The molecule has 0 spiro atoms. The van der Waals surface area contributed by atoms with Crippen LogP contribution in [0.25, 0.3) is 5.69 Å². The van der Waals surface area contributed by atoms with Gasteiger partial charge in [-0.2, -0.15) is 5.10 Å². The zero-order valence-electron chi connectivity index (χ0n) is 12.0. The SMILES string of the molecule is O=C(c1ccnn1-c1ccccc1)C(O)C1CCCCC1. The second-order valence-electron chi connectivity index (χ2n) is 5.67. The zero-order chi connectivity index (χ0) is 14.7. The molecule has 0 radical (unpaired) electrons. The number of carbonyl (C=O) groups is 1. The molecule has 1 unspecified atom stereocenters. The molecule has 4 nitrogen and oxygen atoms in total. The van der Waals surface area contributed by atoms with Crippen LogP contribution >= 0.6 is 0 Å². The van der Waals surface area contributed by atoms with Gasteiger partial charge in [0.2, 0.25) is 5.78 Å². The summed E-state index contributed by atoms with van der Waals surface area (Å²) in [7, 11) is 0. The molecule has 0 amide bonds. The molecule has 1 saturated carbocycles. The molecule has 2 aromatic rings. The van der Waals surface area contributed by atoms with Gasteiger partial charge in [0, 0.05) is 0 Å². The minimum absolute atomic E-state index is 0.0883. The highest BCUT2D eigenvalue weighted by molar-refractivity contribution is 5.98. The molecular formula is C17H20N2O2. The topological polar surface area (TPSA) is 55.1 Å². The molecule has 1 aromatic carbocycles. The van der Waals surface area contributed by atoms with Gasteiger partial charge in [-0.25, -0.2) is 4.68 Å². The summed E-state index contributed by atoms with van der Waals surface area (Å²) in [5, 5.41) is 14.6. The molecule has 0 saturated heterocycles. The van der Waals surface area contributed by atoms with E-state index in [4.69, 9.17) is 0 Å². The third-order valence-corrected chi connectivity index (χ3v) is 4.26. The number of rotatable bonds is 4. The van der Waals surface area contributed by atoms with Crippen molar-refractivity contribution in [3.05, 3.63) is 48.3 Å². The molecule has 3 rings (SSSR count). The number of aromatic nitrogens is 2. The number of aliphatic hydroxyl groups is 1. The number of ketones is 1. The predicted molar refractivity (Wildman–Crippen MR) is 80.5 cm³/mol. The summed E-state index contributed by atoms with van der Waals surface area (Å²) in [5.74, 6) is -0.131. The van der Waals surface area contributed by atoms with Gasteiger partial charge in [0.05, 0.1) is 11.9 Å². The molecule has 1 atom stereocenters. The highest BCUT2D eigenvalue weighted by Crippen LogP contribution is 2.28. The molecular weight excluding hydrogens is 264 g/mol. The Labute approximate surface area is 124 Å². The van der Waals surface area contributed by atoms with E-state index in [1.165, 1.54) is 6.42 Å². The molecule has 4 heteroatoms. The molecule has 1 aliphatic rings. The van der Waals surface area contributed by atoms with E-state index in [2.05, 4.69) is 5.10 Å². The summed E-state index contributed by atoms with van der Waals surface area (Å²) in [5.41, 5.74) is 1.29. The number of hydrogen-bond acceptors (Lipinski definition) is 3. The van der Waals surface area contributed by atoms with Gasteiger partial charge in [-0.05, 0) is 37.0 Å². The van der Waals surface area contributed by atoms with Crippen LogP contribution in [-0.2, 0) is 0 Å². The third kappa shape index (κ3) is 2.90. The van der Waals surface area contributed by atoms with Gasteiger partial charge in [-0.15, -0.1) is 0 Å². The van der Waals surface area contributed by atoms with E-state index < -0.39 is 6.10 Å². The van der Waals surface area contributed by atoms with E-state index in [9.17, 15) is 9.90 Å². The fraction of sp³-hybridized carbons (Fsp3) is 0.412. The first-order chi connectivity index (χ1) is 10.3. The van der Waals surface area contributed by atoms with Crippen LogP contribution in [0.1, 0.15) is 42.6 Å². The third-order valence-electron chi connectivity index (χ3n) is 4.26. The van der Waals surface area contributed by atoms with Crippen molar-refractivity contribution in [3.63, 3.8) is 0 Å². The molecule has 1 heterocycles. The quantitative estimate of drug-likeness (QED) is 0.878. The first-order valence-electron chi connectivity index (χ1n) is 7.59. The summed E-state index contributed by atoms with van der Waals surface area (Å²) < 4.78 is 1.61. The van der Waals surface area contributed by atoms with Crippen molar-refractivity contribution in [2.24, 2.45) is 5.92 Å². The molecule has 1 aromatic heterocycles. The van der Waals surface area contributed by atoms with E-state index in [1.54, 1.807) is 16.9 Å². The zero-order valence-corrected chi connectivity index (χ0v) is 12.0. The maximum Gasteiger partial charge on any atom is 0.209 e. The van der Waals surface area contributed by atoms with Gasteiger partial charge in [-0.3, -0.25) is 4.79 Å². The highest BCUT2D eigenvalue weighted by atomic mass is 16.3. The first kappa shape index (κ1) is 14.0. The van der Waals surface area contributed by atoms with Crippen molar-refractivity contribution in [1.29, 1.82) is 0 Å². The fourth-order valence-electron chi connectivity index (χ4n) is 3.08. The number of aliphatic hydroxyl groups excluding tert-OH is 1. The second-order valence-corrected chi connectivity index (χ2v) is 5.67. The lowest BCUT2D eigenvalue weighted by molar-refractivity contribution is 0.0526. The Kier molecular flexibility index (Phi) is 4.15. The standard InChI is InChI=1S/C17H20N2O2/c20-16(13-7-3-1-4-8-13)17(21)15-11-12-18-19(15)14-9-5-2-6-10-14/h2,5-6,9-13,16,20H,1,3-4,7-8H2. The largest absolute Gasteiger partial charge is 0.385 e. The minimum Gasteiger partial charge on any atom is -0.385 e. The Bertz CT molecular complexity index is 600. The lowest BCUT2D eigenvalue weighted by Crippen LogP contribution is -2.32. The van der Waals surface area contributed by atoms with Crippen molar-refractivity contribution in [3.8, 4) is 5.69 Å². The molecule has 110 valence electrons. The number of benzene rings is 1. The van der Waals surface area contributed by atoms with Gasteiger partial charge in [0.1, 0.15) is 11.8 Å². The lowest BCUT2D eigenvalue weighted by atomic mass is 9.83. The molecule has 1 N–H and O–H groups in total. The predicted octanol–water partition coefficient (Wildman–Crippen LogP) is 3.00. The Balaban J connectivity index is 1.84. The van der Waals surface area contributed by atoms with E-state index in [1.807, 2.05) is 30.3 Å². The highest BCUT2D eigenvalue weighted by Gasteiger charge is 2.30. The Morgan fingerprint density at radius 2 is 1.86 bits per heavy atom. The Morgan fingerprint density at radius 1 is 1.14 bits per heavy atom. The number of Topliss-reactive ketones (excluding diaryl/α,β-unsaturated/α-hetero) is 1. The van der Waals surface area contributed by atoms with Crippen LogP contribution in [0.3, 0.4) is 0 Å². The van der Waals surface area contributed by atoms with Crippen LogP contribution < -0.4 is 0 Å². The Hall–Kier alpha value is -1.94. The number of para-hydroxylation sites is 1. The average Bonchev–Trinajstić information content (AvgIpc) is 3.04. The van der Waals surface area contributed by atoms with Crippen LogP contribution in [0.4, 0.5) is 0 Å². The average molecular weight is 284 g/mol. The second kappa shape index (κ2) is 6.22. The lowest BCUT2D eigenvalue weighted by Gasteiger charge is -2.25. The number of hydrogen-bond donors (Lipinski definition) is 1. The van der Waals surface area contributed by atoms with Gasteiger partial charge in [0.15, 0.2) is 0 Å². The van der Waals surface area contributed by atoms with Crippen LogP contribution in [0, 0.1) is 5.92 Å². The van der Waals surface area contributed by atoms with Crippen molar-refractivity contribution in [1.82, 2.24) is 9.78 Å². The van der Waals surface area contributed by atoms with E-state index in [-0.39, 0.29) is 11.7 Å². The van der Waals surface area contributed by atoms with Crippen LogP contribution in [0.2, 0.25) is 0 Å². The van der Waals surface area contributed by atoms with Crippen LogP contribution in [-0.4, -0.2) is 26.8 Å². The van der Waals surface area contributed by atoms with Crippen LogP contribution in [0.15, 0.2) is 42.6 Å². The van der Waals surface area contributed by atoms with Gasteiger partial charge < -0.3 is 5.11 Å². The van der Waals surface area contributed by atoms with E-state index in [0.717, 1.165) is 31.4 Å². The van der Waals surface area contributed by atoms with E-state index in [0.29, 0.717) is 5.69 Å². The Morgan fingerprint density at radius 3 is 2.57 bits per heavy atom. The minimum atomic E-state index is -0.913. The summed E-state index contributed by atoms with van der Waals surface area (Å²) in [6.45, 7) is 0. The van der Waals surface area contributed by atoms with Gasteiger partial charge in [-0.1, -0.05) is 37.5 Å². The molecule has 1 aliphatic carbocycles. The summed E-state index contributed by atoms with van der Waals surface area (Å²) in [6, 6.07) is 11.2. The summed E-state index contributed by atoms with van der Waals surface area (Å²) in [6.07, 6.45) is 5.98. The first-order valence-corrected chi connectivity index (χ1v) is 7.59. The van der Waals surface area contributed by atoms with E-state index >= 15 is 0 Å². The van der Waals surface area contributed by atoms with Crippen molar-refractivity contribution in [2.45, 2.75) is 38.2 Å². The summed E-state index contributed by atoms with van der Waals surface area (Å²) in [4.78, 5) is 12.6. The molecule has 0 bridgehead atoms. The number of carbonyl (C=O) groups excluding carboxylic acids is 1. The molecule has 21 heavy (non-hydrogen) atoms. The van der Waals surface area contributed by atoms with Crippen molar-refractivity contribution >= 4 is 5.78 Å². The van der Waals surface area contributed by atoms with Gasteiger partial charge in [0.25, 0.3) is 0 Å². The number of nitrogens with zero attached hydrogens (tertiary/aromatic N) is 2. The normalized spacial score (nSPS) is 17.6. The summed E-state index contributed by atoms with van der Waals surface area (Å²) >= 11 is 0. The monoisotopic (exact) mass is 284 g/mol. The molecule has 1 fully saturated rings. The smallest absolute Gasteiger partial charge is 0.209 e. The maximum atomic E-state index is 12.6. The van der Waals surface area contributed by atoms with Gasteiger partial charge >= 0.3 is 0 Å². The van der Waals surface area contributed by atoms with Crippen molar-refractivity contribution < 1.29 is 9.90 Å². The van der Waals surface area contributed by atoms with Crippen LogP contribution in [0.5, 0.6) is 0 Å². The fourth-order valence-corrected chi connectivity index (χ4v) is 3.08.